The molecule has 2 N–H and O–H groups in total. The highest BCUT2D eigenvalue weighted by atomic mass is 19.4. The molecule has 0 spiro atoms. The summed E-state index contributed by atoms with van der Waals surface area (Å²) in [5.41, 5.74) is 8.05. The van der Waals surface area contributed by atoms with E-state index < -0.39 is 6.36 Å². The van der Waals surface area contributed by atoms with Gasteiger partial charge in [0, 0.05) is 0 Å². The molecule has 0 fully saturated rings. The van der Waals surface area contributed by atoms with Crippen LogP contribution in [0.25, 0.3) is 11.1 Å². The van der Waals surface area contributed by atoms with Gasteiger partial charge in [-0.05, 0) is 41.8 Å². The molecule has 2 aromatic rings. The van der Waals surface area contributed by atoms with Crippen LogP contribution in [0.4, 0.5) is 13.2 Å². The number of nitrogens with two attached hydrogens (primary N) is 1. The van der Waals surface area contributed by atoms with Gasteiger partial charge in [-0.3, -0.25) is 0 Å². The summed E-state index contributed by atoms with van der Waals surface area (Å²) in [6, 6.07) is 13.5. The fourth-order valence-corrected chi connectivity index (χ4v) is 1.95. The molecule has 0 aliphatic carbocycles. The first-order chi connectivity index (χ1) is 9.48. The largest absolute Gasteiger partial charge is 0.573 e. The quantitative estimate of drug-likeness (QED) is 0.926. The molecule has 0 heterocycles. The van der Waals surface area contributed by atoms with E-state index in [4.69, 9.17) is 5.73 Å². The first-order valence-corrected chi connectivity index (χ1v) is 6.13. The number of hydrogen-bond acceptors (Lipinski definition) is 2. The van der Waals surface area contributed by atoms with Gasteiger partial charge in [-0.1, -0.05) is 36.4 Å². The van der Waals surface area contributed by atoms with Crippen LogP contribution in [0.3, 0.4) is 0 Å². The topological polar surface area (TPSA) is 35.2 Å². The number of alkyl halides is 3. The van der Waals surface area contributed by atoms with Crippen LogP contribution < -0.4 is 10.5 Å². The molecule has 0 atom stereocenters. The first kappa shape index (κ1) is 14.4. The van der Waals surface area contributed by atoms with Crippen molar-refractivity contribution < 1.29 is 17.9 Å². The summed E-state index contributed by atoms with van der Waals surface area (Å²) < 4.78 is 40.5. The maximum absolute atomic E-state index is 12.2. The average Bonchev–Trinajstić information content (AvgIpc) is 2.38. The lowest BCUT2D eigenvalue weighted by molar-refractivity contribution is -0.274. The Bertz CT molecular complexity index is 581. The first-order valence-electron chi connectivity index (χ1n) is 6.13. The molecule has 0 amide bonds. The van der Waals surface area contributed by atoms with Gasteiger partial charge in [-0.25, -0.2) is 0 Å². The van der Waals surface area contributed by atoms with E-state index in [1.54, 1.807) is 6.07 Å². The molecule has 0 saturated heterocycles. The molecular weight excluding hydrogens is 267 g/mol. The Kier molecular flexibility index (Phi) is 4.29. The third-order valence-corrected chi connectivity index (χ3v) is 2.76. The molecule has 0 aliphatic heterocycles. The van der Waals surface area contributed by atoms with Gasteiger partial charge in [0.15, 0.2) is 0 Å². The van der Waals surface area contributed by atoms with E-state index in [-0.39, 0.29) is 5.75 Å². The fraction of sp³-hybridized carbons (Fsp3) is 0.200. The van der Waals surface area contributed by atoms with Crippen LogP contribution in [0.2, 0.25) is 0 Å². The highest BCUT2D eigenvalue weighted by molar-refractivity contribution is 5.65. The minimum Gasteiger partial charge on any atom is -0.406 e. The minimum absolute atomic E-state index is 0.223. The smallest absolute Gasteiger partial charge is 0.406 e. The van der Waals surface area contributed by atoms with Crippen LogP contribution in [0.15, 0.2) is 48.5 Å². The van der Waals surface area contributed by atoms with E-state index in [0.717, 1.165) is 17.5 Å². The summed E-state index contributed by atoms with van der Waals surface area (Å²) in [4.78, 5) is 0. The number of rotatable bonds is 4. The lowest BCUT2D eigenvalue weighted by Crippen LogP contribution is -2.17. The molecule has 2 nitrogen and oxygen atoms in total. The third-order valence-electron chi connectivity index (χ3n) is 2.76. The molecule has 2 rings (SSSR count). The zero-order valence-corrected chi connectivity index (χ0v) is 10.7. The lowest BCUT2D eigenvalue weighted by atomic mass is 10.0. The van der Waals surface area contributed by atoms with Gasteiger partial charge in [0.2, 0.25) is 0 Å². The summed E-state index contributed by atoms with van der Waals surface area (Å²) in [6.45, 7) is 0.528. The summed E-state index contributed by atoms with van der Waals surface area (Å²) in [5.74, 6) is -0.223. The van der Waals surface area contributed by atoms with Gasteiger partial charge < -0.3 is 10.5 Å². The number of benzene rings is 2. The van der Waals surface area contributed by atoms with Crippen molar-refractivity contribution in [2.75, 3.05) is 6.54 Å². The highest BCUT2D eigenvalue weighted by Crippen LogP contribution is 2.28. The van der Waals surface area contributed by atoms with Crippen molar-refractivity contribution in [3.05, 3.63) is 54.1 Å². The lowest BCUT2D eigenvalue weighted by Gasteiger charge is -2.10. The Balaban J connectivity index is 2.28. The summed E-state index contributed by atoms with van der Waals surface area (Å²) in [5, 5.41) is 0. The Morgan fingerprint density at radius 3 is 2.25 bits per heavy atom. The number of ether oxygens (including phenoxy) is 1. The molecule has 0 unspecified atom stereocenters. The van der Waals surface area contributed by atoms with E-state index in [9.17, 15) is 13.2 Å². The normalized spacial score (nSPS) is 11.4. The summed E-state index contributed by atoms with van der Waals surface area (Å²) in [7, 11) is 0. The van der Waals surface area contributed by atoms with E-state index in [0.29, 0.717) is 12.1 Å². The van der Waals surface area contributed by atoms with Crippen molar-refractivity contribution in [3.63, 3.8) is 0 Å². The van der Waals surface area contributed by atoms with Gasteiger partial charge in [-0.15, -0.1) is 13.2 Å². The molecule has 5 heteroatoms. The second-order valence-electron chi connectivity index (χ2n) is 4.31. The van der Waals surface area contributed by atoms with E-state index in [1.165, 1.54) is 18.2 Å². The highest BCUT2D eigenvalue weighted by Gasteiger charge is 2.31. The number of hydrogen-bond donors (Lipinski definition) is 1. The van der Waals surface area contributed by atoms with Crippen LogP contribution in [-0.2, 0) is 6.42 Å². The van der Waals surface area contributed by atoms with Crippen LogP contribution >= 0.6 is 0 Å². The Labute approximate surface area is 115 Å². The SMILES string of the molecule is NCCc1cccc(-c2cccc(OC(F)(F)F)c2)c1. The van der Waals surface area contributed by atoms with Crippen molar-refractivity contribution >= 4 is 0 Å². The maximum atomic E-state index is 12.2. The van der Waals surface area contributed by atoms with E-state index >= 15 is 0 Å². The molecule has 0 saturated carbocycles. The molecule has 20 heavy (non-hydrogen) atoms. The Morgan fingerprint density at radius 2 is 1.60 bits per heavy atom. The van der Waals surface area contributed by atoms with Crippen molar-refractivity contribution in [2.24, 2.45) is 5.73 Å². The van der Waals surface area contributed by atoms with Gasteiger partial charge in [0.25, 0.3) is 0 Å². The molecule has 0 aromatic heterocycles. The summed E-state index contributed by atoms with van der Waals surface area (Å²) >= 11 is 0. The molecule has 0 aliphatic rings. The zero-order valence-electron chi connectivity index (χ0n) is 10.7. The standard InChI is InChI=1S/C15H14F3NO/c16-15(17,18)20-14-6-2-5-13(10-14)12-4-1-3-11(9-12)7-8-19/h1-6,9-10H,7-8,19H2. The van der Waals surface area contributed by atoms with Crippen LogP contribution in [0, 0.1) is 0 Å². The van der Waals surface area contributed by atoms with E-state index in [1.807, 2.05) is 24.3 Å². The van der Waals surface area contributed by atoms with E-state index in [2.05, 4.69) is 4.74 Å². The third kappa shape index (κ3) is 3.99. The minimum atomic E-state index is -4.68. The Hall–Kier alpha value is -2.01. The van der Waals surface area contributed by atoms with Crippen molar-refractivity contribution in [3.8, 4) is 16.9 Å². The Morgan fingerprint density at radius 1 is 0.950 bits per heavy atom. The second-order valence-corrected chi connectivity index (χ2v) is 4.31. The van der Waals surface area contributed by atoms with Gasteiger partial charge in [-0.2, -0.15) is 0 Å². The molecule has 0 radical (unpaired) electrons. The number of halogens is 3. The molecule has 106 valence electrons. The van der Waals surface area contributed by atoms with Crippen LogP contribution in [0.5, 0.6) is 5.75 Å². The molecule has 0 bridgehead atoms. The zero-order chi connectivity index (χ0) is 14.6. The van der Waals surface area contributed by atoms with Gasteiger partial charge >= 0.3 is 6.36 Å². The second kappa shape index (κ2) is 5.96. The predicted molar refractivity (Wildman–Crippen MR) is 71.3 cm³/mol. The van der Waals surface area contributed by atoms with Crippen LogP contribution in [-0.4, -0.2) is 12.9 Å². The monoisotopic (exact) mass is 281 g/mol. The molecular formula is C15H14F3NO. The van der Waals surface area contributed by atoms with Crippen molar-refractivity contribution in [1.82, 2.24) is 0 Å². The predicted octanol–water partition coefficient (Wildman–Crippen LogP) is 3.75. The van der Waals surface area contributed by atoms with Crippen LogP contribution in [0.1, 0.15) is 5.56 Å². The molecule has 2 aromatic carbocycles. The van der Waals surface area contributed by atoms with Gasteiger partial charge in [0.1, 0.15) is 5.75 Å². The van der Waals surface area contributed by atoms with Crippen molar-refractivity contribution in [2.45, 2.75) is 12.8 Å². The average molecular weight is 281 g/mol. The summed E-state index contributed by atoms with van der Waals surface area (Å²) in [6.07, 6.45) is -3.95. The van der Waals surface area contributed by atoms with Gasteiger partial charge in [0.05, 0.1) is 0 Å². The maximum Gasteiger partial charge on any atom is 0.573 e. The fourth-order valence-electron chi connectivity index (χ4n) is 1.95. The van der Waals surface area contributed by atoms with Crippen molar-refractivity contribution in [1.29, 1.82) is 0 Å².